The molecule has 0 saturated heterocycles. The van der Waals surface area contributed by atoms with Gasteiger partial charge in [-0.1, -0.05) is 0 Å². The molecule has 35 heavy (non-hydrogen) atoms. The van der Waals surface area contributed by atoms with E-state index in [9.17, 15) is 29.1 Å². The minimum Gasteiger partial charge on any atom is -0.481 e. The van der Waals surface area contributed by atoms with Gasteiger partial charge in [-0.25, -0.2) is 4.79 Å². The van der Waals surface area contributed by atoms with E-state index in [-0.39, 0.29) is 43.9 Å². The number of amides is 3. The van der Waals surface area contributed by atoms with E-state index in [1.807, 2.05) is 0 Å². The molecule has 14 nitrogen and oxygen atoms in total. The maximum absolute atomic E-state index is 12.9. The Labute approximate surface area is 213 Å². The number of aliphatic carboxylic acids is 2. The Morgan fingerprint density at radius 2 is 1.46 bits per heavy atom. The van der Waals surface area contributed by atoms with Crippen LogP contribution in [0.5, 0.6) is 0 Å². The number of carbonyl (C=O) groups is 5. The summed E-state index contributed by atoms with van der Waals surface area (Å²) in [6.45, 7) is 0.145. The maximum atomic E-state index is 12.9. The van der Waals surface area contributed by atoms with E-state index in [0.29, 0.717) is 5.75 Å². The van der Waals surface area contributed by atoms with Gasteiger partial charge in [-0.05, 0) is 37.7 Å². The number of carboxylic acids is 2. The van der Waals surface area contributed by atoms with Crippen LogP contribution in [0.1, 0.15) is 32.1 Å². The summed E-state index contributed by atoms with van der Waals surface area (Å²) in [4.78, 5) is 64.2. The van der Waals surface area contributed by atoms with Gasteiger partial charge in [0.1, 0.15) is 18.1 Å². The summed E-state index contributed by atoms with van der Waals surface area (Å²) >= 11 is 5.38. The SMILES string of the molecule is CSCCC(NC(=O)C(N)CS)C(=O)NC(CCC(=O)O)C(=O)NC(CCCN=C(N)N)C(=O)O. The molecule has 0 aliphatic rings. The number of nitrogens with one attached hydrogen (secondary N) is 3. The molecule has 16 heteroatoms. The summed E-state index contributed by atoms with van der Waals surface area (Å²) in [7, 11) is 0. The summed E-state index contributed by atoms with van der Waals surface area (Å²) in [6, 6.07) is -4.67. The van der Waals surface area contributed by atoms with Gasteiger partial charge in [0, 0.05) is 18.7 Å². The molecular formula is C19H35N7O7S2. The van der Waals surface area contributed by atoms with Crippen molar-refractivity contribution in [3.8, 4) is 0 Å². The third kappa shape index (κ3) is 14.3. The van der Waals surface area contributed by atoms with Gasteiger partial charge in [0.25, 0.3) is 0 Å². The zero-order valence-corrected chi connectivity index (χ0v) is 21.1. The lowest BCUT2D eigenvalue weighted by Gasteiger charge is -2.25. The molecule has 11 N–H and O–H groups in total. The highest BCUT2D eigenvalue weighted by atomic mass is 32.2. The van der Waals surface area contributed by atoms with E-state index in [0.717, 1.165) is 0 Å². The first kappa shape index (κ1) is 32.3. The first-order chi connectivity index (χ1) is 16.4. The second-order valence-electron chi connectivity index (χ2n) is 7.47. The number of rotatable bonds is 18. The zero-order valence-electron chi connectivity index (χ0n) is 19.4. The average molecular weight is 538 g/mol. The van der Waals surface area contributed by atoms with Crippen molar-refractivity contribution in [1.82, 2.24) is 16.0 Å². The van der Waals surface area contributed by atoms with Crippen molar-refractivity contribution in [2.24, 2.45) is 22.2 Å². The number of carboxylic acid groups (broad SMARTS) is 2. The Kier molecular flexibility index (Phi) is 16.3. The minimum atomic E-state index is -1.36. The van der Waals surface area contributed by atoms with Crippen LogP contribution in [0, 0.1) is 0 Å². The fourth-order valence-electron chi connectivity index (χ4n) is 2.71. The Balaban J connectivity index is 5.46. The van der Waals surface area contributed by atoms with Crippen LogP contribution in [-0.4, -0.2) is 94.3 Å². The normalized spacial score (nSPS) is 14.0. The molecule has 0 aliphatic carbocycles. The number of guanidine groups is 1. The van der Waals surface area contributed by atoms with Crippen molar-refractivity contribution >= 4 is 60.0 Å². The van der Waals surface area contributed by atoms with Gasteiger partial charge in [-0.3, -0.25) is 24.2 Å². The fraction of sp³-hybridized carbons (Fsp3) is 0.684. The number of hydrogen-bond donors (Lipinski definition) is 9. The fourth-order valence-corrected chi connectivity index (χ4v) is 3.35. The van der Waals surface area contributed by atoms with E-state index >= 15 is 0 Å². The summed E-state index contributed by atoms with van der Waals surface area (Å²) in [5.74, 6) is -4.37. The summed E-state index contributed by atoms with van der Waals surface area (Å²) in [5.41, 5.74) is 16.1. The summed E-state index contributed by atoms with van der Waals surface area (Å²) in [6.07, 6.45) is 1.49. The van der Waals surface area contributed by atoms with Crippen LogP contribution >= 0.6 is 24.4 Å². The van der Waals surface area contributed by atoms with E-state index in [4.69, 9.17) is 22.3 Å². The molecule has 4 unspecified atom stereocenters. The highest BCUT2D eigenvalue weighted by molar-refractivity contribution is 7.98. The molecule has 0 fully saturated rings. The minimum absolute atomic E-state index is 0.00846. The molecule has 0 aromatic heterocycles. The Morgan fingerprint density at radius 1 is 0.914 bits per heavy atom. The van der Waals surface area contributed by atoms with Gasteiger partial charge in [0.2, 0.25) is 17.7 Å². The Hall–Kier alpha value is -2.72. The molecular weight excluding hydrogens is 502 g/mol. The third-order valence-corrected chi connectivity index (χ3v) is 5.65. The number of nitrogens with two attached hydrogens (primary N) is 3. The molecule has 0 heterocycles. The van der Waals surface area contributed by atoms with Gasteiger partial charge >= 0.3 is 11.9 Å². The van der Waals surface area contributed by atoms with Crippen LogP contribution < -0.4 is 33.2 Å². The van der Waals surface area contributed by atoms with Crippen molar-refractivity contribution in [3.63, 3.8) is 0 Å². The standard InChI is InChI=1S/C19H35N7O7S2/c1-35-8-6-12(24-15(29)10(20)9-34)17(31)25-11(4-5-14(27)28)16(30)26-13(18(32)33)3-2-7-23-19(21)22/h10-13,34H,2-9,20H2,1H3,(H,24,29)(H,25,31)(H,26,30)(H,27,28)(H,32,33)(H4,21,22,23). The van der Waals surface area contributed by atoms with Crippen molar-refractivity contribution in [2.75, 3.05) is 24.3 Å². The molecule has 0 aromatic carbocycles. The molecule has 0 radical (unpaired) electrons. The number of nitrogens with zero attached hydrogens (tertiary/aromatic N) is 1. The van der Waals surface area contributed by atoms with Crippen molar-refractivity contribution < 1.29 is 34.2 Å². The molecule has 0 aromatic rings. The second kappa shape index (κ2) is 17.7. The predicted octanol–water partition coefficient (Wildman–Crippen LogP) is -2.55. The van der Waals surface area contributed by atoms with E-state index in [2.05, 4.69) is 33.6 Å². The van der Waals surface area contributed by atoms with E-state index < -0.39 is 60.2 Å². The molecule has 0 aliphatic heterocycles. The number of thiol groups is 1. The molecule has 200 valence electrons. The molecule has 0 rings (SSSR count). The summed E-state index contributed by atoms with van der Waals surface area (Å²) in [5, 5.41) is 25.7. The highest BCUT2D eigenvalue weighted by Gasteiger charge is 2.30. The molecule has 3 amide bonds. The Morgan fingerprint density at radius 3 is 1.94 bits per heavy atom. The first-order valence-electron chi connectivity index (χ1n) is 10.7. The maximum Gasteiger partial charge on any atom is 0.326 e. The molecule has 0 spiro atoms. The van der Waals surface area contributed by atoms with Gasteiger partial charge in [-0.15, -0.1) is 0 Å². The largest absolute Gasteiger partial charge is 0.481 e. The second-order valence-corrected chi connectivity index (χ2v) is 8.82. The highest BCUT2D eigenvalue weighted by Crippen LogP contribution is 2.06. The Bertz CT molecular complexity index is 766. The number of hydrogen-bond acceptors (Lipinski definition) is 9. The molecule has 0 saturated carbocycles. The van der Waals surface area contributed by atoms with Crippen LogP contribution in [0.25, 0.3) is 0 Å². The average Bonchev–Trinajstić information content (AvgIpc) is 2.79. The molecule has 4 atom stereocenters. The van der Waals surface area contributed by atoms with Crippen LogP contribution in [0.15, 0.2) is 4.99 Å². The topological polar surface area (TPSA) is 252 Å². The van der Waals surface area contributed by atoms with Crippen molar-refractivity contribution in [2.45, 2.75) is 56.3 Å². The van der Waals surface area contributed by atoms with E-state index in [1.165, 1.54) is 11.8 Å². The van der Waals surface area contributed by atoms with Crippen molar-refractivity contribution in [1.29, 1.82) is 0 Å². The van der Waals surface area contributed by atoms with Gasteiger partial charge < -0.3 is 43.4 Å². The van der Waals surface area contributed by atoms with Crippen LogP contribution in [-0.2, 0) is 24.0 Å². The lowest BCUT2D eigenvalue weighted by molar-refractivity contribution is -0.143. The number of carbonyl (C=O) groups excluding carboxylic acids is 3. The third-order valence-electron chi connectivity index (χ3n) is 4.62. The number of thioether (sulfide) groups is 1. The van der Waals surface area contributed by atoms with Crippen LogP contribution in [0.4, 0.5) is 0 Å². The lowest BCUT2D eigenvalue weighted by Crippen LogP contribution is -2.57. The smallest absolute Gasteiger partial charge is 0.326 e. The van der Waals surface area contributed by atoms with Gasteiger partial charge in [0.15, 0.2) is 5.96 Å². The predicted molar refractivity (Wildman–Crippen MR) is 135 cm³/mol. The quantitative estimate of drug-likeness (QED) is 0.0381. The first-order valence-corrected chi connectivity index (χ1v) is 12.7. The van der Waals surface area contributed by atoms with E-state index in [1.54, 1.807) is 6.26 Å². The lowest BCUT2D eigenvalue weighted by atomic mass is 10.1. The van der Waals surface area contributed by atoms with Crippen LogP contribution in [0.3, 0.4) is 0 Å². The molecule has 0 bridgehead atoms. The van der Waals surface area contributed by atoms with Crippen LogP contribution in [0.2, 0.25) is 0 Å². The monoisotopic (exact) mass is 537 g/mol. The van der Waals surface area contributed by atoms with Gasteiger partial charge in [0.05, 0.1) is 6.04 Å². The van der Waals surface area contributed by atoms with Crippen molar-refractivity contribution in [3.05, 3.63) is 0 Å². The zero-order chi connectivity index (χ0) is 27.0. The number of aliphatic imine (C=N–C) groups is 1. The summed E-state index contributed by atoms with van der Waals surface area (Å²) < 4.78 is 0. The van der Waals surface area contributed by atoms with Gasteiger partial charge in [-0.2, -0.15) is 24.4 Å².